The third-order valence-electron chi connectivity index (χ3n) is 4.05. The number of imidazole rings is 1. The molecule has 0 aliphatic carbocycles. The maximum atomic E-state index is 11.1. The molecule has 0 bridgehead atoms. The summed E-state index contributed by atoms with van der Waals surface area (Å²) in [5, 5.41) is 11.9. The number of rotatable bonds is 6. The van der Waals surface area contributed by atoms with E-state index >= 15 is 0 Å². The summed E-state index contributed by atoms with van der Waals surface area (Å²) in [6.07, 6.45) is 0. The Morgan fingerprint density at radius 3 is 2.69 bits per heavy atom. The van der Waals surface area contributed by atoms with Crippen LogP contribution in [-0.2, 0) is 5.54 Å². The van der Waals surface area contributed by atoms with Gasteiger partial charge in [0.25, 0.3) is 0 Å². The molecule has 7 nitrogen and oxygen atoms in total. The molecule has 26 heavy (non-hydrogen) atoms. The summed E-state index contributed by atoms with van der Waals surface area (Å²) in [4.78, 5) is 16.5. The number of ether oxygens (including phenoxy) is 1. The van der Waals surface area contributed by atoms with Crippen molar-refractivity contribution in [2.45, 2.75) is 46.2 Å². The van der Waals surface area contributed by atoms with Crippen LogP contribution in [0, 0.1) is 11.8 Å². The summed E-state index contributed by atoms with van der Waals surface area (Å²) in [5.74, 6) is 0.783. The molecule has 0 aliphatic heterocycles. The van der Waals surface area contributed by atoms with Gasteiger partial charge in [-0.1, -0.05) is 16.5 Å². The zero-order valence-electron chi connectivity index (χ0n) is 15.8. The number of hydrogen-bond acceptors (Lipinski definition) is 7. The second kappa shape index (κ2) is 6.68. The number of aromatic nitrogens is 3. The first-order chi connectivity index (χ1) is 12.3. The Kier molecular flexibility index (Phi) is 4.70. The Labute approximate surface area is 156 Å². The van der Waals surface area contributed by atoms with Crippen LogP contribution in [0.15, 0.2) is 23.4 Å². The van der Waals surface area contributed by atoms with E-state index in [-0.39, 0.29) is 6.04 Å². The Morgan fingerprint density at radius 1 is 1.35 bits per heavy atom. The van der Waals surface area contributed by atoms with E-state index in [2.05, 4.69) is 34.4 Å². The lowest BCUT2D eigenvalue weighted by atomic mass is 10.1. The Bertz CT molecular complexity index is 958. The number of nitrogens with one attached hydrogen (secondary N) is 1. The maximum Gasteiger partial charge on any atom is 0.213 e. The number of methoxy groups -OCH3 is 1. The highest BCUT2D eigenvalue weighted by molar-refractivity contribution is 7.16. The number of anilines is 1. The minimum Gasteiger partial charge on any atom is -0.495 e. The molecule has 0 unspecified atom stereocenters. The number of nitroso groups, excluding NO2 is 1. The van der Waals surface area contributed by atoms with Gasteiger partial charge in [0.05, 0.1) is 24.2 Å². The minimum atomic E-state index is -0.874. The summed E-state index contributed by atoms with van der Waals surface area (Å²) in [6, 6.07) is 6.24. The fourth-order valence-corrected chi connectivity index (χ4v) is 3.73. The van der Waals surface area contributed by atoms with E-state index in [0.717, 1.165) is 33.3 Å². The van der Waals surface area contributed by atoms with Crippen molar-refractivity contribution in [3.63, 3.8) is 0 Å². The van der Waals surface area contributed by atoms with E-state index in [9.17, 15) is 4.91 Å². The third-order valence-corrected chi connectivity index (χ3v) is 5.27. The van der Waals surface area contributed by atoms with Gasteiger partial charge in [-0.05, 0) is 52.8 Å². The molecule has 0 radical (unpaired) electrons. The van der Waals surface area contributed by atoms with E-state index < -0.39 is 5.54 Å². The summed E-state index contributed by atoms with van der Waals surface area (Å²) >= 11 is 1.39. The average Bonchev–Trinajstić information content (AvgIpc) is 3.11. The summed E-state index contributed by atoms with van der Waals surface area (Å²) in [7, 11) is 1.66. The zero-order valence-corrected chi connectivity index (χ0v) is 16.6. The molecule has 0 saturated heterocycles. The van der Waals surface area contributed by atoms with Crippen molar-refractivity contribution in [2.75, 3.05) is 12.4 Å². The van der Waals surface area contributed by atoms with E-state index in [1.807, 2.05) is 25.1 Å². The molecule has 0 amide bonds. The largest absolute Gasteiger partial charge is 0.495 e. The molecule has 0 atom stereocenters. The Balaban J connectivity index is 2.15. The normalized spacial score (nSPS) is 12.0. The number of aryl methyl sites for hydroxylation is 1. The first-order valence-corrected chi connectivity index (χ1v) is 9.24. The van der Waals surface area contributed by atoms with Crippen molar-refractivity contribution in [1.29, 1.82) is 0 Å². The molecule has 2 heterocycles. The quantitative estimate of drug-likeness (QED) is 0.639. The molecule has 0 saturated carbocycles. The lowest BCUT2D eigenvalue weighted by Gasteiger charge is -2.15. The van der Waals surface area contributed by atoms with Gasteiger partial charge in [-0.15, -0.1) is 4.91 Å². The van der Waals surface area contributed by atoms with E-state index in [1.54, 1.807) is 25.5 Å². The predicted molar refractivity (Wildman–Crippen MR) is 105 cm³/mol. The highest BCUT2D eigenvalue weighted by atomic mass is 32.1. The van der Waals surface area contributed by atoms with Gasteiger partial charge in [-0.2, -0.15) is 5.10 Å². The number of benzene rings is 1. The fourth-order valence-electron chi connectivity index (χ4n) is 2.75. The van der Waals surface area contributed by atoms with Gasteiger partial charge in [0.15, 0.2) is 5.54 Å². The Morgan fingerprint density at radius 2 is 2.08 bits per heavy atom. The van der Waals surface area contributed by atoms with Crippen molar-refractivity contribution >= 4 is 22.0 Å². The summed E-state index contributed by atoms with van der Waals surface area (Å²) < 4.78 is 7.25. The molecule has 138 valence electrons. The van der Waals surface area contributed by atoms with E-state index in [0.29, 0.717) is 5.01 Å². The van der Waals surface area contributed by atoms with Crippen molar-refractivity contribution in [1.82, 2.24) is 14.6 Å². The lowest BCUT2D eigenvalue weighted by Crippen LogP contribution is -2.13. The first-order valence-electron chi connectivity index (χ1n) is 8.43. The topological polar surface area (TPSA) is 80.9 Å². The van der Waals surface area contributed by atoms with Gasteiger partial charge in [-0.3, -0.25) is 0 Å². The monoisotopic (exact) mass is 373 g/mol. The second-order valence-electron chi connectivity index (χ2n) is 7.01. The van der Waals surface area contributed by atoms with E-state index in [4.69, 9.17) is 4.74 Å². The van der Waals surface area contributed by atoms with Crippen LogP contribution in [-0.4, -0.2) is 27.7 Å². The molecule has 0 fully saturated rings. The highest BCUT2D eigenvalue weighted by Gasteiger charge is 2.28. The van der Waals surface area contributed by atoms with Crippen molar-refractivity contribution in [3.05, 3.63) is 33.8 Å². The first kappa shape index (κ1) is 18.3. The van der Waals surface area contributed by atoms with Gasteiger partial charge in [0.2, 0.25) is 4.96 Å². The molecule has 3 rings (SSSR count). The smallest absolute Gasteiger partial charge is 0.213 e. The van der Waals surface area contributed by atoms with Gasteiger partial charge in [0.1, 0.15) is 10.8 Å². The summed E-state index contributed by atoms with van der Waals surface area (Å²) in [5.41, 5.74) is 2.81. The van der Waals surface area contributed by atoms with Crippen molar-refractivity contribution < 1.29 is 4.74 Å². The van der Waals surface area contributed by atoms with Crippen LogP contribution in [0.5, 0.6) is 5.75 Å². The molecular weight excluding hydrogens is 350 g/mol. The van der Waals surface area contributed by atoms with Gasteiger partial charge >= 0.3 is 0 Å². The SMILES string of the molecule is COc1ccc(-c2c(C)nc3sc(C(C)(C)N=O)nn23)cc1NC(C)C. The van der Waals surface area contributed by atoms with Crippen LogP contribution in [0.4, 0.5) is 5.69 Å². The molecule has 1 N–H and O–H groups in total. The van der Waals surface area contributed by atoms with Crippen LogP contribution in [0.1, 0.15) is 38.4 Å². The lowest BCUT2D eigenvalue weighted by molar-refractivity contribution is 0.416. The number of fused-ring (bicyclic) bond motifs is 1. The van der Waals surface area contributed by atoms with Crippen molar-refractivity contribution in [3.8, 4) is 17.0 Å². The molecule has 0 aliphatic rings. The predicted octanol–water partition coefficient (Wildman–Crippen LogP) is 4.60. The van der Waals surface area contributed by atoms with Gasteiger partial charge in [0, 0.05) is 11.6 Å². The molecule has 8 heteroatoms. The number of nitrogens with zero attached hydrogens (tertiary/aromatic N) is 4. The average molecular weight is 373 g/mol. The standard InChI is InChI=1S/C18H23N5O2S/c1-10(2)19-13-9-12(7-8-14(13)25-6)15-11(3)20-17-23(15)21-16(26-17)18(4,5)22-24/h7-10,19H,1-6H3. The van der Waals surface area contributed by atoms with Crippen molar-refractivity contribution in [2.24, 2.45) is 5.18 Å². The van der Waals surface area contributed by atoms with Crippen LogP contribution in [0.25, 0.3) is 16.2 Å². The number of hydrogen-bond donors (Lipinski definition) is 1. The zero-order chi connectivity index (χ0) is 19.1. The molecule has 1 aromatic carbocycles. The molecular formula is C18H23N5O2S. The molecule has 2 aromatic heterocycles. The Hall–Kier alpha value is -2.48. The van der Waals surface area contributed by atoms with E-state index in [1.165, 1.54) is 11.3 Å². The third kappa shape index (κ3) is 3.16. The van der Waals surface area contributed by atoms with Gasteiger partial charge < -0.3 is 10.1 Å². The highest BCUT2D eigenvalue weighted by Crippen LogP contribution is 2.35. The second-order valence-corrected chi connectivity index (χ2v) is 7.97. The van der Waals surface area contributed by atoms with Crippen LogP contribution in [0.3, 0.4) is 0 Å². The molecule has 0 spiro atoms. The fraction of sp³-hybridized carbons (Fsp3) is 0.444. The van der Waals surface area contributed by atoms with Crippen LogP contribution in [0.2, 0.25) is 0 Å². The van der Waals surface area contributed by atoms with Gasteiger partial charge in [-0.25, -0.2) is 9.50 Å². The van der Waals surface area contributed by atoms with Crippen LogP contribution < -0.4 is 10.1 Å². The minimum absolute atomic E-state index is 0.274. The summed E-state index contributed by atoms with van der Waals surface area (Å²) in [6.45, 7) is 9.62. The molecule has 3 aromatic rings. The van der Waals surface area contributed by atoms with Crippen LogP contribution >= 0.6 is 11.3 Å². The maximum absolute atomic E-state index is 11.1.